The van der Waals surface area contributed by atoms with Gasteiger partial charge < -0.3 is 24.3 Å². The molecule has 1 amide bonds. The number of amides is 1. The normalized spacial score (nSPS) is 10.5. The number of methoxy groups -OCH3 is 1. The largest absolute Gasteiger partial charge is 0.494 e. The highest BCUT2D eigenvalue weighted by molar-refractivity contribution is 5.77. The molecule has 6 nitrogen and oxygen atoms in total. The van der Waals surface area contributed by atoms with Gasteiger partial charge in [0.2, 0.25) is 0 Å². The smallest absolute Gasteiger partial charge is 0.387 e. The van der Waals surface area contributed by atoms with Crippen LogP contribution in [0.2, 0.25) is 0 Å². The van der Waals surface area contributed by atoms with Crippen LogP contribution in [0.25, 0.3) is 0 Å². The summed E-state index contributed by atoms with van der Waals surface area (Å²) in [6.45, 7) is -0.191. The maximum Gasteiger partial charge on any atom is 0.387 e. The van der Waals surface area contributed by atoms with Crippen molar-refractivity contribution in [2.45, 2.75) is 20.0 Å². The van der Waals surface area contributed by atoms with Crippen LogP contribution in [0.1, 0.15) is 12.5 Å². The first-order valence-corrected chi connectivity index (χ1v) is 8.76. The zero-order valence-electron chi connectivity index (χ0n) is 15.7. The minimum atomic E-state index is -2.92. The quantitative estimate of drug-likeness (QED) is 0.632. The Morgan fingerprint density at radius 1 is 1.04 bits per heavy atom. The summed E-state index contributed by atoms with van der Waals surface area (Å²) < 4.78 is 44.9. The van der Waals surface area contributed by atoms with E-state index in [4.69, 9.17) is 14.2 Å². The number of benzene rings is 2. The molecule has 0 bridgehead atoms. The molecule has 0 saturated heterocycles. The summed E-state index contributed by atoms with van der Waals surface area (Å²) in [5, 5.41) is 2.74. The molecular formula is C20H23F2NO5. The lowest BCUT2D eigenvalue weighted by molar-refractivity contribution is -0.123. The van der Waals surface area contributed by atoms with E-state index in [9.17, 15) is 13.6 Å². The predicted octanol–water partition coefficient (Wildman–Crippen LogP) is 3.43. The van der Waals surface area contributed by atoms with Gasteiger partial charge in [0.25, 0.3) is 5.91 Å². The lowest BCUT2D eigenvalue weighted by Gasteiger charge is -2.12. The zero-order valence-corrected chi connectivity index (χ0v) is 15.7. The van der Waals surface area contributed by atoms with Crippen molar-refractivity contribution in [1.29, 1.82) is 0 Å². The number of hydrogen-bond acceptors (Lipinski definition) is 5. The predicted molar refractivity (Wildman–Crippen MR) is 99.4 cm³/mol. The Kier molecular flexibility index (Phi) is 8.33. The van der Waals surface area contributed by atoms with Gasteiger partial charge >= 0.3 is 6.61 Å². The Hall–Kier alpha value is -3.03. The molecule has 152 valence electrons. The van der Waals surface area contributed by atoms with Crippen molar-refractivity contribution in [3.05, 3.63) is 48.0 Å². The summed E-state index contributed by atoms with van der Waals surface area (Å²) in [6.07, 6.45) is 0.500. The SMILES string of the molecule is CCOc1ccc(OCC(=O)NCCc2ccc(OC(F)F)c(OC)c2)cc1. The van der Waals surface area contributed by atoms with E-state index < -0.39 is 6.61 Å². The number of halogens is 2. The number of nitrogens with one attached hydrogen (secondary N) is 1. The van der Waals surface area contributed by atoms with Gasteiger partial charge in [-0.2, -0.15) is 8.78 Å². The van der Waals surface area contributed by atoms with Crippen LogP contribution >= 0.6 is 0 Å². The fourth-order valence-electron chi connectivity index (χ4n) is 2.41. The van der Waals surface area contributed by atoms with Gasteiger partial charge in [0, 0.05) is 6.54 Å². The van der Waals surface area contributed by atoms with Crippen molar-refractivity contribution in [2.24, 2.45) is 0 Å². The molecule has 0 heterocycles. The van der Waals surface area contributed by atoms with Crippen LogP contribution in [0.15, 0.2) is 42.5 Å². The topological polar surface area (TPSA) is 66.0 Å². The standard InChI is InChI=1S/C20H23F2NO5/c1-3-26-15-5-7-16(8-6-15)27-13-19(24)23-11-10-14-4-9-17(28-20(21)22)18(12-14)25-2/h4-9,12,20H,3,10-11,13H2,1-2H3,(H,23,24). The van der Waals surface area contributed by atoms with Gasteiger partial charge in [-0.05, 0) is 55.3 Å². The molecule has 0 aliphatic heterocycles. The molecular weight excluding hydrogens is 372 g/mol. The van der Waals surface area contributed by atoms with Crippen LogP contribution in [-0.2, 0) is 11.2 Å². The number of hydrogen-bond donors (Lipinski definition) is 1. The molecule has 0 fully saturated rings. The molecule has 0 aliphatic rings. The van der Waals surface area contributed by atoms with Gasteiger partial charge in [-0.1, -0.05) is 6.07 Å². The van der Waals surface area contributed by atoms with E-state index in [0.29, 0.717) is 25.3 Å². The molecule has 0 saturated carbocycles. The van der Waals surface area contributed by atoms with E-state index in [-0.39, 0.29) is 24.0 Å². The highest BCUT2D eigenvalue weighted by Crippen LogP contribution is 2.29. The first kappa shape index (κ1) is 21.3. The van der Waals surface area contributed by atoms with Gasteiger partial charge in [0.05, 0.1) is 13.7 Å². The van der Waals surface area contributed by atoms with Gasteiger partial charge in [0.15, 0.2) is 18.1 Å². The van der Waals surface area contributed by atoms with E-state index in [1.54, 1.807) is 36.4 Å². The average Bonchev–Trinajstić information content (AvgIpc) is 2.68. The minimum Gasteiger partial charge on any atom is -0.494 e. The molecule has 0 atom stereocenters. The molecule has 2 aromatic rings. The van der Waals surface area contributed by atoms with E-state index in [2.05, 4.69) is 10.1 Å². The lowest BCUT2D eigenvalue weighted by atomic mass is 10.1. The maximum atomic E-state index is 12.3. The Morgan fingerprint density at radius 2 is 1.71 bits per heavy atom. The molecule has 0 radical (unpaired) electrons. The molecule has 8 heteroatoms. The van der Waals surface area contributed by atoms with Crippen LogP contribution in [0, 0.1) is 0 Å². The van der Waals surface area contributed by atoms with E-state index in [1.807, 2.05) is 6.92 Å². The Bertz CT molecular complexity index is 753. The second-order valence-corrected chi connectivity index (χ2v) is 5.66. The summed E-state index contributed by atoms with van der Waals surface area (Å²) >= 11 is 0. The van der Waals surface area contributed by atoms with Crippen LogP contribution in [0.5, 0.6) is 23.0 Å². The third-order valence-corrected chi connectivity index (χ3v) is 3.68. The van der Waals surface area contributed by atoms with Crippen molar-refractivity contribution in [3.63, 3.8) is 0 Å². The monoisotopic (exact) mass is 395 g/mol. The Morgan fingerprint density at radius 3 is 2.32 bits per heavy atom. The third-order valence-electron chi connectivity index (χ3n) is 3.68. The van der Waals surface area contributed by atoms with Crippen LogP contribution in [-0.4, -0.2) is 39.4 Å². The second-order valence-electron chi connectivity index (χ2n) is 5.66. The summed E-state index contributed by atoms with van der Waals surface area (Å²) in [7, 11) is 1.37. The van der Waals surface area contributed by atoms with Crippen molar-refractivity contribution in [3.8, 4) is 23.0 Å². The molecule has 0 spiro atoms. The second kappa shape index (κ2) is 11.0. The summed E-state index contributed by atoms with van der Waals surface area (Å²) in [4.78, 5) is 11.9. The zero-order chi connectivity index (χ0) is 20.4. The Labute approximate surface area is 162 Å². The maximum absolute atomic E-state index is 12.3. The van der Waals surface area contributed by atoms with E-state index in [0.717, 1.165) is 11.3 Å². The Balaban J connectivity index is 1.75. The molecule has 0 aromatic heterocycles. The summed E-state index contributed by atoms with van der Waals surface area (Å²) in [6, 6.07) is 11.7. The van der Waals surface area contributed by atoms with Gasteiger partial charge in [-0.25, -0.2) is 0 Å². The number of carbonyl (C=O) groups excluding carboxylic acids is 1. The molecule has 0 aliphatic carbocycles. The van der Waals surface area contributed by atoms with Crippen LogP contribution in [0.3, 0.4) is 0 Å². The lowest BCUT2D eigenvalue weighted by Crippen LogP contribution is -2.30. The number of carbonyl (C=O) groups is 1. The number of rotatable bonds is 11. The first-order valence-electron chi connectivity index (χ1n) is 8.76. The highest BCUT2D eigenvalue weighted by Gasteiger charge is 2.11. The first-order chi connectivity index (χ1) is 13.5. The minimum absolute atomic E-state index is 0.0333. The molecule has 2 aromatic carbocycles. The van der Waals surface area contributed by atoms with Crippen molar-refractivity contribution >= 4 is 5.91 Å². The van der Waals surface area contributed by atoms with Crippen molar-refractivity contribution in [2.75, 3.05) is 26.9 Å². The summed E-state index contributed by atoms with van der Waals surface area (Å²) in [5.41, 5.74) is 0.811. The van der Waals surface area contributed by atoms with Crippen LogP contribution in [0.4, 0.5) is 8.78 Å². The van der Waals surface area contributed by atoms with Crippen molar-refractivity contribution < 1.29 is 32.5 Å². The number of ether oxygens (including phenoxy) is 4. The van der Waals surface area contributed by atoms with E-state index in [1.165, 1.54) is 13.2 Å². The molecule has 0 unspecified atom stereocenters. The molecule has 28 heavy (non-hydrogen) atoms. The third kappa shape index (κ3) is 6.94. The molecule has 1 N–H and O–H groups in total. The van der Waals surface area contributed by atoms with Gasteiger partial charge in [0.1, 0.15) is 11.5 Å². The molecule has 2 rings (SSSR count). The average molecular weight is 395 g/mol. The fraction of sp³-hybridized carbons (Fsp3) is 0.350. The van der Waals surface area contributed by atoms with Crippen LogP contribution < -0.4 is 24.3 Å². The van der Waals surface area contributed by atoms with Gasteiger partial charge in [-0.15, -0.1) is 0 Å². The van der Waals surface area contributed by atoms with Gasteiger partial charge in [-0.3, -0.25) is 4.79 Å². The van der Waals surface area contributed by atoms with Crippen molar-refractivity contribution in [1.82, 2.24) is 5.32 Å². The summed E-state index contributed by atoms with van der Waals surface area (Å²) in [5.74, 6) is 1.22. The highest BCUT2D eigenvalue weighted by atomic mass is 19.3. The van der Waals surface area contributed by atoms with E-state index >= 15 is 0 Å². The number of alkyl halides is 2. The fourth-order valence-corrected chi connectivity index (χ4v) is 2.41.